The van der Waals surface area contributed by atoms with Gasteiger partial charge in [0.2, 0.25) is 5.91 Å². The van der Waals surface area contributed by atoms with Gasteiger partial charge < -0.3 is 15.0 Å². The number of nitrogens with zero attached hydrogens (tertiary/aromatic N) is 1. The number of amides is 2. The molecule has 1 atom stereocenters. The first-order valence-corrected chi connectivity index (χ1v) is 10.0. The smallest absolute Gasteiger partial charge is 0.267 e. The summed E-state index contributed by atoms with van der Waals surface area (Å²) in [5.74, 6) is 0.375. The Morgan fingerprint density at radius 2 is 1.93 bits per heavy atom. The van der Waals surface area contributed by atoms with Gasteiger partial charge in [0.15, 0.2) is 6.10 Å². The first-order chi connectivity index (χ1) is 13.5. The quantitative estimate of drug-likeness (QED) is 0.770. The van der Waals surface area contributed by atoms with Gasteiger partial charge in [-0.15, -0.1) is 0 Å². The zero-order valence-electron chi connectivity index (χ0n) is 16.4. The van der Waals surface area contributed by atoms with Crippen molar-refractivity contribution < 1.29 is 14.3 Å². The number of carbonyl (C=O) groups is 2. The van der Waals surface area contributed by atoms with Crippen LogP contribution in [-0.2, 0) is 22.4 Å². The average molecular weight is 401 g/mol. The number of halogens is 1. The van der Waals surface area contributed by atoms with Gasteiger partial charge in [0, 0.05) is 23.7 Å². The number of ether oxygens (including phenoxy) is 1. The van der Waals surface area contributed by atoms with E-state index in [-0.39, 0.29) is 18.2 Å². The van der Waals surface area contributed by atoms with Crippen molar-refractivity contribution in [1.29, 1.82) is 0 Å². The van der Waals surface area contributed by atoms with Crippen LogP contribution in [0.2, 0.25) is 5.02 Å². The van der Waals surface area contributed by atoms with E-state index in [1.807, 2.05) is 50.2 Å². The minimum atomic E-state index is -0.565. The molecule has 2 amide bonds. The van der Waals surface area contributed by atoms with Crippen molar-refractivity contribution in [2.75, 3.05) is 16.8 Å². The van der Waals surface area contributed by atoms with Crippen LogP contribution >= 0.6 is 11.6 Å². The predicted molar refractivity (Wildman–Crippen MR) is 112 cm³/mol. The van der Waals surface area contributed by atoms with Crippen LogP contribution in [0, 0.1) is 0 Å². The average Bonchev–Trinajstić information content (AvgIpc) is 2.69. The van der Waals surface area contributed by atoms with E-state index in [2.05, 4.69) is 5.32 Å². The van der Waals surface area contributed by atoms with Crippen molar-refractivity contribution in [2.24, 2.45) is 0 Å². The third kappa shape index (κ3) is 3.99. The number of benzene rings is 2. The van der Waals surface area contributed by atoms with Crippen LogP contribution in [0.25, 0.3) is 0 Å². The summed E-state index contributed by atoms with van der Waals surface area (Å²) in [6.45, 7) is 6.07. The van der Waals surface area contributed by atoms with Gasteiger partial charge in [-0.25, -0.2) is 0 Å². The molecule has 1 heterocycles. The standard InChI is InChI=1S/C22H25ClN2O3/c1-4-15-10-11-17(23)16(5-2)21(15)24-20(26)12-13-25-18-8-6-7-9-19(18)28-14(3)22(25)27/h6-11,14H,4-5,12-13H2,1-3H3,(H,24,26). The Morgan fingerprint density at radius 3 is 2.64 bits per heavy atom. The van der Waals surface area contributed by atoms with Gasteiger partial charge in [0.05, 0.1) is 5.69 Å². The summed E-state index contributed by atoms with van der Waals surface area (Å²) in [6.07, 6.45) is 1.15. The Hall–Kier alpha value is -2.53. The molecule has 0 fully saturated rings. The first kappa shape index (κ1) is 20.2. The third-order valence-electron chi connectivity index (χ3n) is 4.98. The maximum atomic E-state index is 12.7. The molecule has 5 nitrogen and oxygen atoms in total. The van der Waals surface area contributed by atoms with Gasteiger partial charge in [-0.3, -0.25) is 9.59 Å². The highest BCUT2D eigenvalue weighted by atomic mass is 35.5. The molecule has 1 unspecified atom stereocenters. The molecule has 0 spiro atoms. The summed E-state index contributed by atoms with van der Waals surface area (Å²) in [6, 6.07) is 11.2. The third-order valence-corrected chi connectivity index (χ3v) is 5.33. The number of hydrogen-bond donors (Lipinski definition) is 1. The van der Waals surface area contributed by atoms with E-state index in [1.165, 1.54) is 0 Å². The van der Waals surface area contributed by atoms with Crippen LogP contribution in [0.3, 0.4) is 0 Å². The lowest BCUT2D eigenvalue weighted by molar-refractivity contribution is -0.125. The Balaban J connectivity index is 1.75. The number of nitrogens with one attached hydrogen (secondary N) is 1. The molecule has 0 aliphatic carbocycles. The second-order valence-corrected chi connectivity index (χ2v) is 7.19. The van der Waals surface area contributed by atoms with Crippen molar-refractivity contribution in [1.82, 2.24) is 0 Å². The van der Waals surface area contributed by atoms with Gasteiger partial charge >= 0.3 is 0 Å². The molecule has 148 valence electrons. The van der Waals surface area contributed by atoms with Crippen molar-refractivity contribution in [3.63, 3.8) is 0 Å². The van der Waals surface area contributed by atoms with Crippen LogP contribution in [0.4, 0.5) is 11.4 Å². The zero-order valence-corrected chi connectivity index (χ0v) is 17.2. The maximum absolute atomic E-state index is 12.7. The number of fused-ring (bicyclic) bond motifs is 1. The van der Waals surface area contributed by atoms with Crippen LogP contribution in [-0.4, -0.2) is 24.5 Å². The predicted octanol–water partition coefficient (Wildman–Crippen LogP) is 4.61. The van der Waals surface area contributed by atoms with Gasteiger partial charge in [-0.1, -0.05) is 43.6 Å². The molecule has 0 bridgehead atoms. The topological polar surface area (TPSA) is 58.6 Å². The number of aryl methyl sites for hydroxylation is 1. The highest BCUT2D eigenvalue weighted by molar-refractivity contribution is 6.32. The number of hydrogen-bond acceptors (Lipinski definition) is 3. The van der Waals surface area contributed by atoms with E-state index in [0.29, 0.717) is 23.0 Å². The van der Waals surface area contributed by atoms with Gasteiger partial charge in [-0.2, -0.15) is 0 Å². The molecule has 3 rings (SSSR count). The molecule has 2 aromatic rings. The minimum Gasteiger partial charge on any atom is -0.479 e. The van der Waals surface area contributed by atoms with Gasteiger partial charge in [0.25, 0.3) is 5.91 Å². The molecule has 2 aromatic carbocycles. The van der Waals surface area contributed by atoms with E-state index in [9.17, 15) is 9.59 Å². The van der Waals surface area contributed by atoms with Crippen molar-refractivity contribution in [2.45, 2.75) is 46.1 Å². The lowest BCUT2D eigenvalue weighted by Gasteiger charge is -2.32. The van der Waals surface area contributed by atoms with E-state index in [0.717, 1.165) is 29.7 Å². The molecule has 28 heavy (non-hydrogen) atoms. The van der Waals surface area contributed by atoms with Crippen LogP contribution in [0.5, 0.6) is 5.75 Å². The molecule has 0 radical (unpaired) electrons. The molecule has 0 saturated carbocycles. The first-order valence-electron chi connectivity index (χ1n) is 9.63. The fourth-order valence-electron chi connectivity index (χ4n) is 3.47. The number of carbonyl (C=O) groups excluding carboxylic acids is 2. The molecule has 6 heteroatoms. The summed E-state index contributed by atoms with van der Waals surface area (Å²) in [7, 11) is 0. The number of para-hydroxylation sites is 2. The molecular formula is C22H25ClN2O3. The molecule has 0 saturated heterocycles. The van der Waals surface area contributed by atoms with E-state index in [4.69, 9.17) is 16.3 Å². The van der Waals surface area contributed by atoms with Crippen LogP contribution < -0.4 is 15.0 Å². The monoisotopic (exact) mass is 400 g/mol. The van der Waals surface area contributed by atoms with Gasteiger partial charge in [-0.05, 0) is 49.1 Å². The SMILES string of the molecule is CCc1ccc(Cl)c(CC)c1NC(=O)CCN1C(=O)C(C)Oc2ccccc21. The highest BCUT2D eigenvalue weighted by Gasteiger charge is 2.31. The van der Waals surface area contributed by atoms with E-state index >= 15 is 0 Å². The maximum Gasteiger partial charge on any atom is 0.267 e. The van der Waals surface area contributed by atoms with Gasteiger partial charge in [0.1, 0.15) is 5.75 Å². The summed E-state index contributed by atoms with van der Waals surface area (Å²) in [5.41, 5.74) is 3.49. The molecule has 1 N–H and O–H groups in total. The lowest BCUT2D eigenvalue weighted by atomic mass is 10.0. The van der Waals surface area contributed by atoms with Crippen molar-refractivity contribution >= 4 is 34.8 Å². The molecule has 1 aliphatic rings. The summed E-state index contributed by atoms with van der Waals surface area (Å²) in [5, 5.41) is 3.67. The van der Waals surface area contributed by atoms with E-state index in [1.54, 1.807) is 11.8 Å². The Kier molecular flexibility index (Phi) is 6.25. The Morgan fingerprint density at radius 1 is 1.18 bits per heavy atom. The van der Waals surface area contributed by atoms with Crippen LogP contribution in [0.1, 0.15) is 38.3 Å². The molecule has 1 aliphatic heterocycles. The normalized spacial score (nSPS) is 15.8. The summed E-state index contributed by atoms with van der Waals surface area (Å²) >= 11 is 6.31. The number of rotatable bonds is 6. The highest BCUT2D eigenvalue weighted by Crippen LogP contribution is 2.34. The summed E-state index contributed by atoms with van der Waals surface area (Å²) in [4.78, 5) is 26.9. The molecular weight excluding hydrogens is 376 g/mol. The fourth-order valence-corrected chi connectivity index (χ4v) is 3.76. The number of anilines is 2. The minimum absolute atomic E-state index is 0.141. The van der Waals surface area contributed by atoms with E-state index < -0.39 is 6.10 Å². The summed E-state index contributed by atoms with van der Waals surface area (Å²) < 4.78 is 5.64. The zero-order chi connectivity index (χ0) is 20.3. The second-order valence-electron chi connectivity index (χ2n) is 6.78. The van der Waals surface area contributed by atoms with Crippen molar-refractivity contribution in [3.05, 3.63) is 52.5 Å². The Bertz CT molecular complexity index is 897. The van der Waals surface area contributed by atoms with Crippen LogP contribution in [0.15, 0.2) is 36.4 Å². The molecule has 0 aromatic heterocycles. The second kappa shape index (κ2) is 8.65. The largest absolute Gasteiger partial charge is 0.479 e. The fraction of sp³-hybridized carbons (Fsp3) is 0.364. The van der Waals surface area contributed by atoms with Crippen molar-refractivity contribution in [3.8, 4) is 5.75 Å². The lowest BCUT2D eigenvalue weighted by Crippen LogP contribution is -2.45. The Labute approximate surface area is 170 Å².